The Bertz CT molecular complexity index is 276. The second-order valence-electron chi connectivity index (χ2n) is 2.56. The van der Waals surface area contributed by atoms with Crippen LogP contribution < -0.4 is 0 Å². The Morgan fingerprint density at radius 3 is 3.10 bits per heavy atom. The molecule has 1 heterocycles. The van der Waals surface area contributed by atoms with Crippen LogP contribution in [-0.4, -0.2) is 9.55 Å². The van der Waals surface area contributed by atoms with E-state index in [9.17, 15) is 0 Å². The Balaban J connectivity index is 2.40. The maximum atomic E-state index is 5.25. The van der Waals surface area contributed by atoms with Gasteiger partial charge in [0.2, 0.25) is 0 Å². The molecule has 2 rings (SSSR count). The largest absolute Gasteiger partial charge is 0.321 e. The van der Waals surface area contributed by atoms with Crippen LogP contribution in [0.4, 0.5) is 0 Å². The third-order valence-electron chi connectivity index (χ3n) is 1.75. The first kappa shape index (κ1) is 5.55. The Hall–Kier alpha value is -1.23. The SMILES string of the molecule is C#Cc1cncn1C1CC1. The van der Waals surface area contributed by atoms with Gasteiger partial charge in [-0.2, -0.15) is 0 Å². The quantitative estimate of drug-likeness (QED) is 0.525. The van der Waals surface area contributed by atoms with Gasteiger partial charge in [0.1, 0.15) is 5.69 Å². The molecule has 0 aliphatic heterocycles. The molecular formula is C8H8N2. The van der Waals surface area contributed by atoms with Crippen LogP contribution in [0.1, 0.15) is 24.6 Å². The maximum Gasteiger partial charge on any atom is 0.112 e. The second-order valence-corrected chi connectivity index (χ2v) is 2.56. The molecule has 0 spiro atoms. The first-order valence-electron chi connectivity index (χ1n) is 3.40. The zero-order chi connectivity index (χ0) is 6.97. The minimum absolute atomic E-state index is 0.647. The summed E-state index contributed by atoms with van der Waals surface area (Å²) >= 11 is 0. The molecule has 0 radical (unpaired) electrons. The van der Waals surface area contributed by atoms with E-state index in [1.807, 2.05) is 6.33 Å². The Morgan fingerprint density at radius 1 is 1.70 bits per heavy atom. The van der Waals surface area contributed by atoms with Crippen LogP contribution in [0, 0.1) is 12.3 Å². The van der Waals surface area contributed by atoms with E-state index in [-0.39, 0.29) is 0 Å². The fourth-order valence-electron chi connectivity index (χ4n) is 1.06. The first-order chi connectivity index (χ1) is 4.92. The fourth-order valence-corrected chi connectivity index (χ4v) is 1.06. The minimum atomic E-state index is 0.647. The Morgan fingerprint density at radius 2 is 2.50 bits per heavy atom. The lowest BCUT2D eigenvalue weighted by Crippen LogP contribution is -1.93. The first-order valence-corrected chi connectivity index (χ1v) is 3.40. The number of terminal acetylenes is 1. The predicted octanol–water partition coefficient (Wildman–Crippen LogP) is 1.20. The van der Waals surface area contributed by atoms with Gasteiger partial charge in [0, 0.05) is 6.04 Å². The van der Waals surface area contributed by atoms with E-state index in [0.717, 1.165) is 5.69 Å². The van der Waals surface area contributed by atoms with E-state index < -0.39 is 0 Å². The van der Waals surface area contributed by atoms with Crippen molar-refractivity contribution in [3.63, 3.8) is 0 Å². The Labute approximate surface area is 59.9 Å². The van der Waals surface area contributed by atoms with Gasteiger partial charge in [-0.05, 0) is 12.8 Å². The van der Waals surface area contributed by atoms with Gasteiger partial charge < -0.3 is 4.57 Å². The van der Waals surface area contributed by atoms with Crippen molar-refractivity contribution in [3.05, 3.63) is 18.2 Å². The van der Waals surface area contributed by atoms with Crippen molar-refractivity contribution in [2.45, 2.75) is 18.9 Å². The zero-order valence-corrected chi connectivity index (χ0v) is 5.62. The zero-order valence-electron chi connectivity index (χ0n) is 5.62. The molecule has 1 fully saturated rings. The van der Waals surface area contributed by atoms with Crippen molar-refractivity contribution in [1.82, 2.24) is 9.55 Å². The molecule has 0 aromatic carbocycles. The minimum Gasteiger partial charge on any atom is -0.321 e. The summed E-state index contributed by atoms with van der Waals surface area (Å²) in [4.78, 5) is 3.97. The van der Waals surface area contributed by atoms with Gasteiger partial charge in [-0.1, -0.05) is 5.92 Å². The fraction of sp³-hybridized carbons (Fsp3) is 0.375. The monoisotopic (exact) mass is 132 g/mol. The summed E-state index contributed by atoms with van der Waals surface area (Å²) < 4.78 is 2.07. The molecular weight excluding hydrogens is 124 g/mol. The standard InChI is InChI=1S/C8H8N2/c1-2-7-5-9-6-10(7)8-3-4-8/h1,5-6,8H,3-4H2. The highest BCUT2D eigenvalue weighted by Crippen LogP contribution is 2.35. The highest BCUT2D eigenvalue weighted by atomic mass is 15.1. The van der Waals surface area contributed by atoms with Crippen LogP contribution in [-0.2, 0) is 0 Å². The van der Waals surface area contributed by atoms with Gasteiger partial charge in [0.15, 0.2) is 0 Å². The number of rotatable bonds is 1. The van der Waals surface area contributed by atoms with Crippen molar-refractivity contribution in [1.29, 1.82) is 0 Å². The highest BCUT2D eigenvalue weighted by molar-refractivity contribution is 5.23. The van der Waals surface area contributed by atoms with Crippen LogP contribution in [0.15, 0.2) is 12.5 Å². The summed E-state index contributed by atoms with van der Waals surface area (Å²) in [7, 11) is 0. The molecule has 50 valence electrons. The van der Waals surface area contributed by atoms with Crippen molar-refractivity contribution >= 4 is 0 Å². The van der Waals surface area contributed by atoms with E-state index in [2.05, 4.69) is 15.5 Å². The molecule has 10 heavy (non-hydrogen) atoms. The molecule has 0 amide bonds. The normalized spacial score (nSPS) is 16.7. The van der Waals surface area contributed by atoms with E-state index in [1.54, 1.807) is 6.20 Å². The van der Waals surface area contributed by atoms with Crippen molar-refractivity contribution in [2.24, 2.45) is 0 Å². The lowest BCUT2D eigenvalue weighted by molar-refractivity contribution is 0.732. The summed E-state index contributed by atoms with van der Waals surface area (Å²) in [6.45, 7) is 0. The Kier molecular flexibility index (Phi) is 1.04. The molecule has 1 aliphatic carbocycles. The molecule has 0 N–H and O–H groups in total. The number of hydrogen-bond donors (Lipinski definition) is 0. The van der Waals surface area contributed by atoms with E-state index in [0.29, 0.717) is 6.04 Å². The summed E-state index contributed by atoms with van der Waals surface area (Å²) in [6.07, 6.45) is 11.3. The molecule has 1 saturated carbocycles. The van der Waals surface area contributed by atoms with E-state index in [4.69, 9.17) is 6.42 Å². The molecule has 0 atom stereocenters. The number of hydrogen-bond acceptors (Lipinski definition) is 1. The number of aromatic nitrogens is 2. The lowest BCUT2D eigenvalue weighted by Gasteiger charge is -1.97. The van der Waals surface area contributed by atoms with Crippen LogP contribution >= 0.6 is 0 Å². The van der Waals surface area contributed by atoms with Gasteiger partial charge in [-0.25, -0.2) is 4.98 Å². The van der Waals surface area contributed by atoms with Crippen LogP contribution in [0.2, 0.25) is 0 Å². The summed E-state index contributed by atoms with van der Waals surface area (Å²) in [5.41, 5.74) is 0.905. The van der Waals surface area contributed by atoms with E-state index >= 15 is 0 Å². The van der Waals surface area contributed by atoms with Gasteiger partial charge >= 0.3 is 0 Å². The summed E-state index contributed by atoms with van der Waals surface area (Å²) in [5, 5.41) is 0. The topological polar surface area (TPSA) is 17.8 Å². The van der Waals surface area contributed by atoms with Crippen molar-refractivity contribution in [2.75, 3.05) is 0 Å². The van der Waals surface area contributed by atoms with Gasteiger partial charge in [-0.3, -0.25) is 0 Å². The molecule has 0 saturated heterocycles. The predicted molar refractivity (Wildman–Crippen MR) is 38.4 cm³/mol. The summed E-state index contributed by atoms with van der Waals surface area (Å²) in [5.74, 6) is 2.60. The van der Waals surface area contributed by atoms with E-state index in [1.165, 1.54) is 12.8 Å². The van der Waals surface area contributed by atoms with Crippen LogP contribution in [0.5, 0.6) is 0 Å². The van der Waals surface area contributed by atoms with Crippen LogP contribution in [0.25, 0.3) is 0 Å². The molecule has 1 aliphatic rings. The third-order valence-corrected chi connectivity index (χ3v) is 1.75. The average molecular weight is 132 g/mol. The molecule has 2 heteroatoms. The molecule has 0 unspecified atom stereocenters. The molecule has 1 aromatic rings. The molecule has 1 aromatic heterocycles. The van der Waals surface area contributed by atoms with Gasteiger partial charge in [0.05, 0.1) is 12.5 Å². The smallest absolute Gasteiger partial charge is 0.112 e. The van der Waals surface area contributed by atoms with Crippen molar-refractivity contribution < 1.29 is 0 Å². The highest BCUT2D eigenvalue weighted by Gasteiger charge is 2.24. The third kappa shape index (κ3) is 0.714. The summed E-state index contributed by atoms with van der Waals surface area (Å²) in [6, 6.07) is 0.647. The van der Waals surface area contributed by atoms with Gasteiger partial charge in [-0.15, -0.1) is 6.42 Å². The second kappa shape index (κ2) is 1.88. The average Bonchev–Trinajstić information content (AvgIpc) is 2.69. The number of imidazole rings is 1. The maximum absolute atomic E-state index is 5.25. The molecule has 0 bridgehead atoms. The van der Waals surface area contributed by atoms with Gasteiger partial charge in [0.25, 0.3) is 0 Å². The number of nitrogens with zero attached hydrogens (tertiary/aromatic N) is 2. The van der Waals surface area contributed by atoms with Crippen LogP contribution in [0.3, 0.4) is 0 Å². The molecule has 2 nitrogen and oxygen atoms in total. The lowest BCUT2D eigenvalue weighted by atomic mass is 10.5. The van der Waals surface area contributed by atoms with Crippen molar-refractivity contribution in [3.8, 4) is 12.3 Å².